The molecule has 2 atom stereocenters. The summed E-state index contributed by atoms with van der Waals surface area (Å²) in [5, 5.41) is 2.04. The summed E-state index contributed by atoms with van der Waals surface area (Å²) in [4.78, 5) is 32.5. The predicted molar refractivity (Wildman–Crippen MR) is 117 cm³/mol. The number of carbonyl (C=O) groups is 2. The first-order valence-electron chi connectivity index (χ1n) is 10.8. The van der Waals surface area contributed by atoms with Gasteiger partial charge < -0.3 is 9.80 Å². The lowest BCUT2D eigenvalue weighted by Gasteiger charge is -2.43. The Balaban J connectivity index is 1.82. The van der Waals surface area contributed by atoms with Crippen molar-refractivity contribution in [3.8, 4) is 0 Å². The lowest BCUT2D eigenvalue weighted by Crippen LogP contribution is -2.49. The summed E-state index contributed by atoms with van der Waals surface area (Å²) < 4.78 is 0. The Kier molecular flexibility index (Phi) is 6.04. The van der Waals surface area contributed by atoms with Crippen LogP contribution in [-0.4, -0.2) is 41.2 Å². The number of thiophene rings is 1. The Bertz CT molecular complexity index is 854. The summed E-state index contributed by atoms with van der Waals surface area (Å²) in [5.74, 6) is 0.228. The lowest BCUT2D eigenvalue weighted by molar-refractivity contribution is -0.134. The number of hydrogen-bond acceptors (Lipinski definition) is 3. The third-order valence-electron chi connectivity index (χ3n) is 6.02. The standard InChI is InChI=1S/C24H30N2O2S/c1-17(2)16-26-22(20-12-9-15-29-20)21(18-10-5-6-11-19(18)23(26)27)24(28)25-13-7-3-4-8-14-25/h5-6,9-12,15,17,21-22H,3-4,7-8,13-14,16H2,1-2H3/t21-,22+/m0/s1. The van der Waals surface area contributed by atoms with Crippen LogP contribution in [0.1, 0.15) is 72.3 Å². The van der Waals surface area contributed by atoms with Gasteiger partial charge in [0.2, 0.25) is 5.91 Å². The van der Waals surface area contributed by atoms with Gasteiger partial charge in [0.1, 0.15) is 0 Å². The van der Waals surface area contributed by atoms with Crippen LogP contribution in [0, 0.1) is 5.92 Å². The number of hydrogen-bond donors (Lipinski definition) is 0. The van der Waals surface area contributed by atoms with Crippen LogP contribution in [0.2, 0.25) is 0 Å². The number of nitrogens with zero attached hydrogens (tertiary/aromatic N) is 2. The highest BCUT2D eigenvalue weighted by atomic mass is 32.1. The molecule has 0 N–H and O–H groups in total. The van der Waals surface area contributed by atoms with Crippen molar-refractivity contribution in [3.63, 3.8) is 0 Å². The number of carbonyl (C=O) groups excluding carboxylic acids is 2. The van der Waals surface area contributed by atoms with E-state index in [0.29, 0.717) is 18.0 Å². The molecule has 1 aromatic carbocycles. The molecule has 2 amide bonds. The quantitative estimate of drug-likeness (QED) is 0.705. The predicted octanol–water partition coefficient (Wildman–Crippen LogP) is 5.09. The van der Waals surface area contributed by atoms with Crippen LogP contribution in [0.4, 0.5) is 0 Å². The van der Waals surface area contributed by atoms with Crippen LogP contribution in [-0.2, 0) is 4.79 Å². The molecule has 0 unspecified atom stereocenters. The molecule has 0 aliphatic carbocycles. The first-order valence-corrected chi connectivity index (χ1v) is 11.7. The second-order valence-electron chi connectivity index (χ2n) is 8.62. The molecule has 0 radical (unpaired) electrons. The van der Waals surface area contributed by atoms with Crippen LogP contribution in [0.3, 0.4) is 0 Å². The zero-order chi connectivity index (χ0) is 20.4. The monoisotopic (exact) mass is 410 g/mol. The van der Waals surface area contributed by atoms with Gasteiger partial charge in [-0.3, -0.25) is 9.59 Å². The average molecular weight is 411 g/mol. The number of fused-ring (bicyclic) bond motifs is 1. The van der Waals surface area contributed by atoms with E-state index >= 15 is 0 Å². The molecule has 2 aromatic rings. The molecular weight excluding hydrogens is 380 g/mol. The van der Waals surface area contributed by atoms with E-state index in [-0.39, 0.29) is 23.8 Å². The van der Waals surface area contributed by atoms with Gasteiger partial charge in [-0.15, -0.1) is 11.3 Å². The summed E-state index contributed by atoms with van der Waals surface area (Å²) in [6.45, 7) is 6.56. The van der Waals surface area contributed by atoms with E-state index in [1.165, 1.54) is 12.8 Å². The summed E-state index contributed by atoms with van der Waals surface area (Å²) >= 11 is 1.64. The Morgan fingerprint density at radius 2 is 1.79 bits per heavy atom. The highest BCUT2D eigenvalue weighted by molar-refractivity contribution is 7.10. The second kappa shape index (κ2) is 8.70. The van der Waals surface area contributed by atoms with Gasteiger partial charge in [-0.25, -0.2) is 0 Å². The van der Waals surface area contributed by atoms with Gasteiger partial charge in [-0.2, -0.15) is 0 Å². The molecule has 1 fully saturated rings. The van der Waals surface area contributed by atoms with Gasteiger partial charge in [0.05, 0.1) is 12.0 Å². The smallest absolute Gasteiger partial charge is 0.254 e. The van der Waals surface area contributed by atoms with Gasteiger partial charge in [0.15, 0.2) is 0 Å². The van der Waals surface area contributed by atoms with Gasteiger partial charge in [-0.1, -0.05) is 51.0 Å². The van der Waals surface area contributed by atoms with Crippen molar-refractivity contribution in [2.45, 2.75) is 51.5 Å². The van der Waals surface area contributed by atoms with E-state index in [9.17, 15) is 9.59 Å². The van der Waals surface area contributed by atoms with Crippen LogP contribution in [0.25, 0.3) is 0 Å². The third-order valence-corrected chi connectivity index (χ3v) is 6.96. The van der Waals surface area contributed by atoms with Crippen molar-refractivity contribution in [1.82, 2.24) is 9.80 Å². The zero-order valence-electron chi connectivity index (χ0n) is 17.3. The molecule has 2 aliphatic heterocycles. The Morgan fingerprint density at radius 3 is 2.45 bits per heavy atom. The van der Waals surface area contributed by atoms with Gasteiger partial charge in [0, 0.05) is 30.1 Å². The summed E-state index contributed by atoms with van der Waals surface area (Å²) in [6.07, 6.45) is 4.52. The number of likely N-dealkylation sites (tertiary alicyclic amines) is 1. The van der Waals surface area contributed by atoms with Crippen molar-refractivity contribution in [2.75, 3.05) is 19.6 Å². The largest absolute Gasteiger partial charge is 0.342 e. The summed E-state index contributed by atoms with van der Waals surface area (Å²) in [7, 11) is 0. The van der Waals surface area contributed by atoms with Crippen molar-refractivity contribution >= 4 is 23.2 Å². The topological polar surface area (TPSA) is 40.6 Å². The number of benzene rings is 1. The van der Waals surface area contributed by atoms with Crippen LogP contribution >= 0.6 is 11.3 Å². The molecule has 1 aromatic heterocycles. The average Bonchev–Trinajstić information content (AvgIpc) is 3.10. The Labute approximate surface area is 177 Å². The molecule has 3 heterocycles. The molecule has 1 saturated heterocycles. The van der Waals surface area contributed by atoms with E-state index in [0.717, 1.165) is 36.4 Å². The number of amides is 2. The summed E-state index contributed by atoms with van der Waals surface area (Å²) in [6, 6.07) is 11.6. The van der Waals surface area contributed by atoms with Crippen LogP contribution in [0.5, 0.6) is 0 Å². The van der Waals surface area contributed by atoms with E-state index in [1.54, 1.807) is 11.3 Å². The van der Waals surface area contributed by atoms with E-state index in [2.05, 4.69) is 24.8 Å². The Hall–Kier alpha value is -2.14. The van der Waals surface area contributed by atoms with Crippen LogP contribution in [0.15, 0.2) is 41.8 Å². The first-order chi connectivity index (χ1) is 14.1. The highest BCUT2D eigenvalue weighted by Crippen LogP contribution is 2.45. The highest BCUT2D eigenvalue weighted by Gasteiger charge is 2.45. The molecule has 5 heteroatoms. The molecule has 2 aliphatic rings. The second-order valence-corrected chi connectivity index (χ2v) is 9.60. The molecule has 0 saturated carbocycles. The SMILES string of the molecule is CC(C)CN1C(=O)c2ccccc2[C@H](C(=O)N2CCCCCC2)[C@H]1c1cccs1. The fraction of sp³-hybridized carbons (Fsp3) is 0.500. The van der Waals surface area contributed by atoms with Gasteiger partial charge >= 0.3 is 0 Å². The minimum atomic E-state index is -0.334. The molecule has 4 nitrogen and oxygen atoms in total. The van der Waals surface area contributed by atoms with Crippen molar-refractivity contribution < 1.29 is 9.59 Å². The fourth-order valence-corrected chi connectivity index (χ4v) is 5.59. The van der Waals surface area contributed by atoms with Crippen molar-refractivity contribution in [3.05, 3.63) is 57.8 Å². The maximum Gasteiger partial charge on any atom is 0.254 e. The minimum absolute atomic E-state index is 0.0487. The third kappa shape index (κ3) is 3.97. The fourth-order valence-electron chi connectivity index (χ4n) is 4.72. The maximum absolute atomic E-state index is 13.9. The molecule has 154 valence electrons. The lowest BCUT2D eigenvalue weighted by atomic mass is 9.80. The summed E-state index contributed by atoms with van der Waals surface area (Å²) in [5.41, 5.74) is 1.58. The molecule has 0 bridgehead atoms. The normalized spacial score (nSPS) is 22.5. The van der Waals surface area contributed by atoms with Crippen molar-refractivity contribution in [1.29, 1.82) is 0 Å². The zero-order valence-corrected chi connectivity index (χ0v) is 18.2. The van der Waals surface area contributed by atoms with Crippen molar-refractivity contribution in [2.24, 2.45) is 5.92 Å². The molecule has 0 spiro atoms. The van der Waals surface area contributed by atoms with Crippen LogP contribution < -0.4 is 0 Å². The first kappa shape index (κ1) is 20.1. The Morgan fingerprint density at radius 1 is 1.07 bits per heavy atom. The number of rotatable bonds is 4. The van der Waals surface area contributed by atoms with E-state index in [1.807, 2.05) is 40.6 Å². The molecule has 4 rings (SSSR count). The molecular formula is C24H30N2O2S. The van der Waals surface area contributed by atoms with E-state index < -0.39 is 0 Å². The van der Waals surface area contributed by atoms with E-state index in [4.69, 9.17) is 0 Å². The maximum atomic E-state index is 13.9. The minimum Gasteiger partial charge on any atom is -0.342 e. The van der Waals surface area contributed by atoms with Gasteiger partial charge in [0.25, 0.3) is 5.91 Å². The van der Waals surface area contributed by atoms with Gasteiger partial charge in [-0.05, 0) is 41.8 Å². The molecule has 29 heavy (non-hydrogen) atoms.